The molecule has 128 valence electrons. The van der Waals surface area contributed by atoms with Crippen LogP contribution in [0.1, 0.15) is 19.4 Å². The average molecular weight is 351 g/mol. The van der Waals surface area contributed by atoms with Crippen LogP contribution in [0, 0.1) is 0 Å². The molecule has 0 aliphatic carbocycles. The van der Waals surface area contributed by atoms with Crippen LogP contribution in [0.4, 0.5) is 18.9 Å². The molecule has 1 fully saturated rings. The van der Waals surface area contributed by atoms with Crippen LogP contribution in [0.15, 0.2) is 18.2 Å². The van der Waals surface area contributed by atoms with Gasteiger partial charge in [0.1, 0.15) is 0 Å². The monoisotopic (exact) mass is 350 g/mol. The number of rotatable bonds is 3. The Bertz CT molecular complexity index is 570. The van der Waals surface area contributed by atoms with Crippen molar-refractivity contribution in [3.63, 3.8) is 0 Å². The number of ether oxygens (including phenoxy) is 1. The van der Waals surface area contributed by atoms with Gasteiger partial charge in [-0.25, -0.2) is 0 Å². The van der Waals surface area contributed by atoms with Gasteiger partial charge in [0, 0.05) is 13.1 Å². The molecular formula is C15H18ClF3N2O2. The second kappa shape index (κ2) is 7.07. The van der Waals surface area contributed by atoms with Crippen molar-refractivity contribution in [2.75, 3.05) is 25.0 Å². The molecule has 4 nitrogen and oxygen atoms in total. The number of morpholine rings is 1. The van der Waals surface area contributed by atoms with Gasteiger partial charge in [-0.3, -0.25) is 9.69 Å². The number of hydrogen-bond donors (Lipinski definition) is 1. The van der Waals surface area contributed by atoms with Crippen molar-refractivity contribution in [2.24, 2.45) is 0 Å². The van der Waals surface area contributed by atoms with E-state index in [1.165, 1.54) is 0 Å². The molecule has 0 unspecified atom stereocenters. The first kappa shape index (κ1) is 18.0. The molecule has 1 N–H and O–H groups in total. The lowest BCUT2D eigenvalue weighted by Crippen LogP contribution is -2.48. The summed E-state index contributed by atoms with van der Waals surface area (Å²) in [6.45, 7) is 5.07. The molecule has 1 saturated heterocycles. The minimum atomic E-state index is -4.49. The van der Waals surface area contributed by atoms with E-state index >= 15 is 0 Å². The molecule has 1 aliphatic heterocycles. The van der Waals surface area contributed by atoms with Gasteiger partial charge in [-0.1, -0.05) is 11.6 Å². The van der Waals surface area contributed by atoms with Gasteiger partial charge in [-0.2, -0.15) is 13.2 Å². The molecule has 2 atom stereocenters. The Morgan fingerprint density at radius 1 is 1.35 bits per heavy atom. The summed E-state index contributed by atoms with van der Waals surface area (Å²) in [5.41, 5.74) is -0.897. The predicted molar refractivity (Wildman–Crippen MR) is 81.5 cm³/mol. The summed E-state index contributed by atoms with van der Waals surface area (Å²) in [5, 5.41) is 2.51. The van der Waals surface area contributed by atoms with E-state index in [0.717, 1.165) is 18.2 Å². The van der Waals surface area contributed by atoms with E-state index in [4.69, 9.17) is 16.3 Å². The van der Waals surface area contributed by atoms with E-state index in [9.17, 15) is 18.0 Å². The number of anilines is 1. The van der Waals surface area contributed by atoms with Crippen LogP contribution in [0.25, 0.3) is 0 Å². The molecule has 0 aromatic heterocycles. The minimum absolute atomic E-state index is 0.00342. The fourth-order valence-corrected chi connectivity index (χ4v) is 2.77. The lowest BCUT2D eigenvalue weighted by atomic mass is 10.2. The van der Waals surface area contributed by atoms with Crippen molar-refractivity contribution >= 4 is 23.2 Å². The number of hydrogen-bond acceptors (Lipinski definition) is 3. The van der Waals surface area contributed by atoms with Gasteiger partial charge < -0.3 is 10.1 Å². The van der Waals surface area contributed by atoms with Gasteiger partial charge in [-0.05, 0) is 32.0 Å². The Labute approximate surface area is 137 Å². The maximum Gasteiger partial charge on any atom is 0.416 e. The summed E-state index contributed by atoms with van der Waals surface area (Å²) in [6.07, 6.45) is -4.48. The van der Waals surface area contributed by atoms with Crippen LogP contribution < -0.4 is 5.32 Å². The Morgan fingerprint density at radius 2 is 1.96 bits per heavy atom. The number of carbonyl (C=O) groups is 1. The van der Waals surface area contributed by atoms with E-state index in [1.807, 2.05) is 18.7 Å². The second-order valence-electron chi connectivity index (χ2n) is 5.69. The molecule has 0 bridgehead atoms. The first-order valence-electron chi connectivity index (χ1n) is 7.19. The smallest absolute Gasteiger partial charge is 0.373 e. The molecule has 1 amide bonds. The number of nitrogens with zero attached hydrogens (tertiary/aromatic N) is 1. The summed E-state index contributed by atoms with van der Waals surface area (Å²) >= 11 is 5.86. The standard InChI is InChI=1S/C15H18ClF3N2O2/c1-9-6-21(7-10(2)23-9)8-14(22)20-13-5-11(15(17,18)19)3-4-12(13)16/h3-5,9-10H,6-8H2,1-2H3,(H,20,22)/t9-,10-/m1/s1. The normalized spacial score (nSPS) is 22.9. The van der Waals surface area contributed by atoms with Crippen molar-refractivity contribution in [1.82, 2.24) is 4.90 Å². The Balaban J connectivity index is 2.02. The third-order valence-electron chi connectivity index (χ3n) is 3.43. The van der Waals surface area contributed by atoms with Crippen molar-refractivity contribution in [1.29, 1.82) is 0 Å². The zero-order valence-corrected chi connectivity index (χ0v) is 13.5. The highest BCUT2D eigenvalue weighted by Crippen LogP contribution is 2.33. The third-order valence-corrected chi connectivity index (χ3v) is 3.76. The SMILES string of the molecule is C[C@@H]1CN(CC(=O)Nc2cc(C(F)(F)F)ccc2Cl)C[C@@H](C)O1. The number of halogens is 4. The molecule has 0 radical (unpaired) electrons. The highest BCUT2D eigenvalue weighted by molar-refractivity contribution is 6.33. The summed E-state index contributed by atoms with van der Waals surface area (Å²) in [6, 6.07) is 2.84. The largest absolute Gasteiger partial charge is 0.416 e. The maximum absolute atomic E-state index is 12.7. The topological polar surface area (TPSA) is 41.6 Å². The van der Waals surface area contributed by atoms with Crippen molar-refractivity contribution < 1.29 is 22.7 Å². The Kier molecular flexibility index (Phi) is 5.54. The lowest BCUT2D eigenvalue weighted by Gasteiger charge is -2.34. The van der Waals surface area contributed by atoms with Gasteiger partial charge in [0.2, 0.25) is 5.91 Å². The van der Waals surface area contributed by atoms with E-state index < -0.39 is 17.6 Å². The molecule has 1 heterocycles. The molecule has 1 aromatic rings. The fraction of sp³-hybridized carbons (Fsp3) is 0.533. The molecule has 1 aromatic carbocycles. The van der Waals surface area contributed by atoms with Gasteiger partial charge in [0.15, 0.2) is 0 Å². The minimum Gasteiger partial charge on any atom is -0.373 e. The third kappa shape index (κ3) is 5.09. The van der Waals surface area contributed by atoms with E-state index in [2.05, 4.69) is 5.32 Å². The van der Waals surface area contributed by atoms with Crippen LogP contribution >= 0.6 is 11.6 Å². The molecule has 2 rings (SSSR count). The zero-order valence-electron chi connectivity index (χ0n) is 12.8. The summed E-state index contributed by atoms with van der Waals surface area (Å²) < 4.78 is 43.7. The molecule has 0 spiro atoms. The van der Waals surface area contributed by atoms with Crippen LogP contribution in [-0.4, -0.2) is 42.6 Å². The predicted octanol–water partition coefficient (Wildman–Crippen LogP) is 3.41. The summed E-state index contributed by atoms with van der Waals surface area (Å²) in [7, 11) is 0. The molecule has 0 saturated carbocycles. The fourth-order valence-electron chi connectivity index (χ4n) is 2.60. The zero-order chi connectivity index (χ0) is 17.2. The molecule has 8 heteroatoms. The Morgan fingerprint density at radius 3 is 2.52 bits per heavy atom. The lowest BCUT2D eigenvalue weighted by molar-refractivity contribution is -0.137. The van der Waals surface area contributed by atoms with Crippen LogP contribution in [0.5, 0.6) is 0 Å². The van der Waals surface area contributed by atoms with Gasteiger partial charge in [0.25, 0.3) is 0 Å². The van der Waals surface area contributed by atoms with Crippen molar-refractivity contribution in [2.45, 2.75) is 32.2 Å². The Hall–Kier alpha value is -1.31. The average Bonchev–Trinajstić information content (AvgIpc) is 2.38. The van der Waals surface area contributed by atoms with Crippen molar-refractivity contribution in [3.8, 4) is 0 Å². The molecular weight excluding hydrogens is 333 g/mol. The van der Waals surface area contributed by atoms with E-state index in [0.29, 0.717) is 13.1 Å². The second-order valence-corrected chi connectivity index (χ2v) is 6.10. The number of carbonyl (C=O) groups excluding carboxylic acids is 1. The number of amides is 1. The highest BCUT2D eigenvalue weighted by Gasteiger charge is 2.31. The van der Waals surface area contributed by atoms with Gasteiger partial charge in [0.05, 0.1) is 35.0 Å². The summed E-state index contributed by atoms with van der Waals surface area (Å²) in [5.74, 6) is -0.410. The van der Waals surface area contributed by atoms with Crippen molar-refractivity contribution in [3.05, 3.63) is 28.8 Å². The van der Waals surface area contributed by atoms with Crippen LogP contribution in [0.2, 0.25) is 5.02 Å². The highest BCUT2D eigenvalue weighted by atomic mass is 35.5. The van der Waals surface area contributed by atoms with Gasteiger partial charge >= 0.3 is 6.18 Å². The first-order chi connectivity index (χ1) is 10.6. The number of alkyl halides is 3. The first-order valence-corrected chi connectivity index (χ1v) is 7.57. The van der Waals surface area contributed by atoms with E-state index in [-0.39, 0.29) is 29.5 Å². The number of benzene rings is 1. The summed E-state index contributed by atoms with van der Waals surface area (Å²) in [4.78, 5) is 14.0. The van der Waals surface area contributed by atoms with Crippen LogP contribution in [-0.2, 0) is 15.7 Å². The quantitative estimate of drug-likeness (QED) is 0.908. The molecule has 23 heavy (non-hydrogen) atoms. The maximum atomic E-state index is 12.7. The van der Waals surface area contributed by atoms with E-state index in [1.54, 1.807) is 0 Å². The van der Waals surface area contributed by atoms with Gasteiger partial charge in [-0.15, -0.1) is 0 Å². The molecule has 1 aliphatic rings. The van der Waals surface area contributed by atoms with Crippen LogP contribution in [0.3, 0.4) is 0 Å². The number of nitrogens with one attached hydrogen (secondary N) is 1.